The summed E-state index contributed by atoms with van der Waals surface area (Å²) in [6.07, 6.45) is 5.02. The van der Waals surface area contributed by atoms with Gasteiger partial charge in [-0.3, -0.25) is 4.68 Å². The lowest BCUT2D eigenvalue weighted by atomic mass is 9.92. The third kappa shape index (κ3) is 4.29. The maximum atomic E-state index is 11.9. The van der Waals surface area contributed by atoms with Crippen LogP contribution in [0.1, 0.15) is 42.2 Å². The Morgan fingerprint density at radius 1 is 1.39 bits per heavy atom. The number of nitrogens with zero attached hydrogens (tertiary/aromatic N) is 6. The van der Waals surface area contributed by atoms with Gasteiger partial charge in [-0.2, -0.15) is 10.1 Å². The molecule has 3 heterocycles. The lowest BCUT2D eigenvalue weighted by Gasteiger charge is -2.34. The van der Waals surface area contributed by atoms with Crippen molar-refractivity contribution in [2.24, 2.45) is 0 Å². The summed E-state index contributed by atoms with van der Waals surface area (Å²) in [6.45, 7) is 5.24. The highest BCUT2D eigenvalue weighted by Crippen LogP contribution is 2.31. The maximum Gasteiger partial charge on any atom is 0.358 e. The number of carboxylic acid groups (broad SMARTS) is 1. The van der Waals surface area contributed by atoms with Crippen LogP contribution in [0.5, 0.6) is 0 Å². The van der Waals surface area contributed by atoms with E-state index in [-0.39, 0.29) is 5.69 Å². The van der Waals surface area contributed by atoms with Gasteiger partial charge in [-0.1, -0.05) is 0 Å². The second kappa shape index (κ2) is 8.84. The van der Waals surface area contributed by atoms with Crippen LogP contribution < -0.4 is 10.2 Å². The lowest BCUT2D eigenvalue weighted by Crippen LogP contribution is -2.38. The first-order valence-corrected chi connectivity index (χ1v) is 10.5. The van der Waals surface area contributed by atoms with Crippen LogP contribution in [0.3, 0.4) is 0 Å². The Kier molecular flexibility index (Phi) is 5.99. The van der Waals surface area contributed by atoms with Crippen molar-refractivity contribution >= 4 is 34.6 Å². The third-order valence-electron chi connectivity index (χ3n) is 5.53. The molecule has 10 heteroatoms. The highest BCUT2D eigenvalue weighted by molar-refractivity contribution is 6.03. The summed E-state index contributed by atoms with van der Waals surface area (Å²) in [6, 6.07) is 4.16. The third-order valence-corrected chi connectivity index (χ3v) is 5.53. The number of pyridine rings is 1. The molecule has 0 amide bonds. The molecule has 0 bridgehead atoms. The SMILES string of the molecule is CCOCCn1nc(C(=O)O)c2nc(N(C)C3CCC3)nc(Nc3cc(C)ccn3)c21. The standard InChI is InChI=1S/C21H27N7O3/c1-4-31-11-10-28-18-16(17(26-28)20(29)30)24-21(27(3)14-6-5-7-14)25-19(18)23-15-12-13(2)8-9-22-15/h8-9,12,14H,4-7,10-11H2,1-3H3,(H,29,30)(H,22,23,24,25). The zero-order chi connectivity index (χ0) is 22.0. The number of hydrogen-bond acceptors (Lipinski definition) is 8. The van der Waals surface area contributed by atoms with Crippen LogP contribution in [0.15, 0.2) is 18.3 Å². The molecule has 1 fully saturated rings. The number of aryl methyl sites for hydroxylation is 1. The number of ether oxygens (including phenoxy) is 1. The van der Waals surface area contributed by atoms with Crippen molar-refractivity contribution in [1.29, 1.82) is 0 Å². The van der Waals surface area contributed by atoms with Crippen LogP contribution in [0, 0.1) is 6.92 Å². The quantitative estimate of drug-likeness (QED) is 0.499. The summed E-state index contributed by atoms with van der Waals surface area (Å²) >= 11 is 0. The van der Waals surface area contributed by atoms with Gasteiger partial charge in [-0.05, 0) is 50.8 Å². The van der Waals surface area contributed by atoms with Crippen LogP contribution in [-0.2, 0) is 11.3 Å². The van der Waals surface area contributed by atoms with Gasteiger partial charge in [0.05, 0.1) is 13.2 Å². The van der Waals surface area contributed by atoms with Crippen LogP contribution in [-0.4, -0.2) is 62.1 Å². The highest BCUT2D eigenvalue weighted by Gasteiger charge is 2.28. The van der Waals surface area contributed by atoms with Crippen LogP contribution in [0.2, 0.25) is 0 Å². The normalized spacial score (nSPS) is 13.9. The smallest absolute Gasteiger partial charge is 0.358 e. The van der Waals surface area contributed by atoms with Gasteiger partial charge in [0.2, 0.25) is 5.95 Å². The number of hydrogen-bond donors (Lipinski definition) is 2. The van der Waals surface area contributed by atoms with Crippen molar-refractivity contribution in [2.45, 2.75) is 45.7 Å². The first-order valence-electron chi connectivity index (χ1n) is 10.5. The van der Waals surface area contributed by atoms with Gasteiger partial charge in [0.1, 0.15) is 16.9 Å². The van der Waals surface area contributed by atoms with Gasteiger partial charge in [-0.25, -0.2) is 14.8 Å². The predicted molar refractivity (Wildman–Crippen MR) is 117 cm³/mol. The van der Waals surface area contributed by atoms with E-state index >= 15 is 0 Å². The number of carboxylic acids is 1. The molecule has 0 unspecified atom stereocenters. The summed E-state index contributed by atoms with van der Waals surface area (Å²) in [7, 11) is 1.94. The summed E-state index contributed by atoms with van der Waals surface area (Å²) in [5, 5.41) is 17.3. The van der Waals surface area contributed by atoms with Crippen molar-refractivity contribution in [3.8, 4) is 0 Å². The second-order valence-corrected chi connectivity index (χ2v) is 7.68. The molecule has 0 aliphatic heterocycles. The predicted octanol–water partition coefficient (Wildman–Crippen LogP) is 3.00. The van der Waals surface area contributed by atoms with Crippen molar-refractivity contribution < 1.29 is 14.6 Å². The first kappa shape index (κ1) is 21.0. The molecule has 4 rings (SSSR count). The fraction of sp³-hybridized carbons (Fsp3) is 0.476. The molecular weight excluding hydrogens is 398 g/mol. The average molecular weight is 425 g/mol. The van der Waals surface area contributed by atoms with E-state index in [1.165, 1.54) is 6.42 Å². The molecule has 1 aliphatic carbocycles. The van der Waals surface area contributed by atoms with E-state index in [4.69, 9.17) is 9.72 Å². The number of aromatic carboxylic acids is 1. The molecule has 3 aromatic heterocycles. The number of aromatic nitrogens is 5. The van der Waals surface area contributed by atoms with E-state index in [9.17, 15) is 9.90 Å². The molecule has 0 spiro atoms. The molecule has 2 N–H and O–H groups in total. The Morgan fingerprint density at radius 3 is 2.84 bits per heavy atom. The monoisotopic (exact) mass is 425 g/mol. The van der Waals surface area contributed by atoms with E-state index in [0.29, 0.717) is 54.4 Å². The molecular formula is C21H27N7O3. The molecule has 164 valence electrons. The largest absolute Gasteiger partial charge is 0.476 e. The van der Waals surface area contributed by atoms with Gasteiger partial charge in [-0.15, -0.1) is 0 Å². The summed E-state index contributed by atoms with van der Waals surface area (Å²) in [4.78, 5) is 27.7. The molecule has 3 aromatic rings. The molecule has 10 nitrogen and oxygen atoms in total. The molecule has 0 atom stereocenters. The van der Waals surface area contributed by atoms with Gasteiger partial charge in [0.25, 0.3) is 0 Å². The Labute approximate surface area is 180 Å². The Morgan fingerprint density at radius 2 is 2.19 bits per heavy atom. The minimum atomic E-state index is -1.13. The van der Waals surface area contributed by atoms with E-state index in [1.807, 2.05) is 37.9 Å². The van der Waals surface area contributed by atoms with Crippen LogP contribution >= 0.6 is 0 Å². The van der Waals surface area contributed by atoms with Crippen LogP contribution in [0.4, 0.5) is 17.6 Å². The summed E-state index contributed by atoms with van der Waals surface area (Å²) in [5.74, 6) is 0.433. The zero-order valence-corrected chi connectivity index (χ0v) is 18.0. The van der Waals surface area contributed by atoms with Crippen molar-refractivity contribution in [1.82, 2.24) is 24.7 Å². The van der Waals surface area contributed by atoms with E-state index in [2.05, 4.69) is 20.4 Å². The maximum absolute atomic E-state index is 11.9. The summed E-state index contributed by atoms with van der Waals surface area (Å²) < 4.78 is 7.05. The van der Waals surface area contributed by atoms with Crippen LogP contribution in [0.25, 0.3) is 11.0 Å². The van der Waals surface area contributed by atoms with Crippen molar-refractivity contribution in [2.75, 3.05) is 30.5 Å². The van der Waals surface area contributed by atoms with Gasteiger partial charge < -0.3 is 20.1 Å². The summed E-state index contributed by atoms with van der Waals surface area (Å²) in [5.41, 5.74) is 1.77. The fourth-order valence-electron chi connectivity index (χ4n) is 3.58. The molecule has 31 heavy (non-hydrogen) atoms. The van der Waals surface area contributed by atoms with Crippen molar-refractivity contribution in [3.05, 3.63) is 29.6 Å². The Hall–Kier alpha value is -3.27. The second-order valence-electron chi connectivity index (χ2n) is 7.68. The number of carbonyl (C=O) groups is 1. The molecule has 0 saturated heterocycles. The number of anilines is 3. The van der Waals surface area contributed by atoms with Gasteiger partial charge in [0, 0.05) is 25.9 Å². The minimum absolute atomic E-state index is 0.0996. The molecule has 1 aliphatic rings. The molecule has 1 saturated carbocycles. The highest BCUT2D eigenvalue weighted by atomic mass is 16.5. The Balaban J connectivity index is 1.85. The Bertz CT molecular complexity index is 1090. The van der Waals surface area contributed by atoms with E-state index < -0.39 is 5.97 Å². The number of nitrogens with one attached hydrogen (secondary N) is 1. The lowest BCUT2D eigenvalue weighted by molar-refractivity contribution is 0.0690. The molecule has 0 aromatic carbocycles. The fourth-order valence-corrected chi connectivity index (χ4v) is 3.58. The zero-order valence-electron chi connectivity index (χ0n) is 18.0. The molecule has 0 radical (unpaired) electrons. The van der Waals surface area contributed by atoms with E-state index in [0.717, 1.165) is 18.4 Å². The topological polar surface area (TPSA) is 118 Å². The van der Waals surface area contributed by atoms with Gasteiger partial charge >= 0.3 is 5.97 Å². The van der Waals surface area contributed by atoms with E-state index in [1.54, 1.807) is 10.9 Å². The number of rotatable bonds is 9. The van der Waals surface area contributed by atoms with Crippen molar-refractivity contribution in [3.63, 3.8) is 0 Å². The average Bonchev–Trinajstić information content (AvgIpc) is 3.06. The minimum Gasteiger partial charge on any atom is -0.476 e. The first-order chi connectivity index (χ1) is 15.0. The number of fused-ring (bicyclic) bond motifs is 1. The van der Waals surface area contributed by atoms with Gasteiger partial charge in [0.15, 0.2) is 11.5 Å².